The van der Waals surface area contributed by atoms with Gasteiger partial charge in [0.05, 0.1) is 0 Å². The number of nitrogens with zero attached hydrogens (tertiary/aromatic N) is 3. The van der Waals surface area contributed by atoms with Crippen LogP contribution in [0.15, 0.2) is 6.33 Å². The van der Waals surface area contributed by atoms with Crippen molar-refractivity contribution in [2.75, 3.05) is 31.6 Å². The standard InChI is InChI=1S/C15H24N4/c1-19(10-12-5-4-8-16-9-12)15-13-6-2-3-7-14(13)17-11-18-15/h11-12,16H,2-10H2,1H3. The number of aromatic nitrogens is 2. The predicted molar refractivity (Wildman–Crippen MR) is 77.5 cm³/mol. The van der Waals surface area contributed by atoms with E-state index >= 15 is 0 Å². The molecule has 1 aliphatic heterocycles. The monoisotopic (exact) mass is 260 g/mol. The Labute approximate surface area is 115 Å². The topological polar surface area (TPSA) is 41.0 Å². The van der Waals surface area contributed by atoms with Crippen LogP contribution in [0.5, 0.6) is 0 Å². The molecule has 1 N–H and O–H groups in total. The molecule has 1 aromatic rings. The van der Waals surface area contributed by atoms with Crippen LogP contribution in [0.1, 0.15) is 36.9 Å². The van der Waals surface area contributed by atoms with Crippen LogP contribution in [0.2, 0.25) is 0 Å². The Morgan fingerprint density at radius 1 is 1.26 bits per heavy atom. The molecule has 0 amide bonds. The lowest BCUT2D eigenvalue weighted by Gasteiger charge is -2.30. The Kier molecular flexibility index (Phi) is 3.97. The van der Waals surface area contributed by atoms with Crippen molar-refractivity contribution in [3.8, 4) is 0 Å². The van der Waals surface area contributed by atoms with E-state index in [1.807, 2.05) is 0 Å². The molecular formula is C15H24N4. The molecule has 1 aliphatic carbocycles. The summed E-state index contributed by atoms with van der Waals surface area (Å²) in [5, 5.41) is 3.49. The van der Waals surface area contributed by atoms with E-state index in [1.54, 1.807) is 6.33 Å². The molecule has 0 radical (unpaired) electrons. The molecule has 4 nitrogen and oxygen atoms in total. The highest BCUT2D eigenvalue weighted by Crippen LogP contribution is 2.27. The van der Waals surface area contributed by atoms with Crippen molar-refractivity contribution in [1.82, 2.24) is 15.3 Å². The molecule has 0 spiro atoms. The van der Waals surface area contributed by atoms with Crippen molar-refractivity contribution in [2.45, 2.75) is 38.5 Å². The zero-order valence-corrected chi connectivity index (χ0v) is 11.9. The summed E-state index contributed by atoms with van der Waals surface area (Å²) in [6.07, 6.45) is 9.23. The van der Waals surface area contributed by atoms with Crippen molar-refractivity contribution in [2.24, 2.45) is 5.92 Å². The van der Waals surface area contributed by atoms with E-state index in [-0.39, 0.29) is 0 Å². The van der Waals surface area contributed by atoms with E-state index in [2.05, 4.69) is 27.2 Å². The van der Waals surface area contributed by atoms with Crippen LogP contribution >= 0.6 is 0 Å². The van der Waals surface area contributed by atoms with E-state index in [0.717, 1.165) is 31.8 Å². The molecule has 1 unspecified atom stereocenters. The molecule has 1 fully saturated rings. The number of piperidine rings is 1. The fourth-order valence-electron chi connectivity index (χ4n) is 3.39. The lowest BCUT2D eigenvalue weighted by Crippen LogP contribution is -2.37. The van der Waals surface area contributed by atoms with Gasteiger partial charge in [-0.2, -0.15) is 0 Å². The SMILES string of the molecule is CN(CC1CCCNC1)c1ncnc2c1CCCC2. The lowest BCUT2D eigenvalue weighted by atomic mass is 9.95. The second kappa shape index (κ2) is 5.87. The van der Waals surface area contributed by atoms with Gasteiger partial charge in [0.2, 0.25) is 0 Å². The normalized spacial score (nSPS) is 22.9. The van der Waals surface area contributed by atoms with Gasteiger partial charge in [-0.15, -0.1) is 0 Å². The minimum atomic E-state index is 0.757. The molecule has 1 atom stereocenters. The Bertz CT molecular complexity index is 426. The molecule has 4 heteroatoms. The third-order valence-electron chi connectivity index (χ3n) is 4.39. The molecule has 1 saturated heterocycles. The van der Waals surface area contributed by atoms with E-state index in [0.29, 0.717) is 0 Å². The average molecular weight is 260 g/mol. The van der Waals surface area contributed by atoms with Crippen LogP contribution in [0.4, 0.5) is 5.82 Å². The highest BCUT2D eigenvalue weighted by Gasteiger charge is 2.20. The summed E-state index contributed by atoms with van der Waals surface area (Å²) in [5.74, 6) is 1.93. The zero-order valence-electron chi connectivity index (χ0n) is 11.9. The first-order chi connectivity index (χ1) is 9.34. The average Bonchev–Trinajstić information content (AvgIpc) is 2.47. The van der Waals surface area contributed by atoms with E-state index in [4.69, 9.17) is 0 Å². The molecule has 0 aromatic carbocycles. The van der Waals surface area contributed by atoms with Crippen LogP contribution in [0.25, 0.3) is 0 Å². The number of hydrogen-bond donors (Lipinski definition) is 1. The van der Waals surface area contributed by atoms with Gasteiger partial charge in [0.25, 0.3) is 0 Å². The van der Waals surface area contributed by atoms with Crippen molar-refractivity contribution in [3.05, 3.63) is 17.6 Å². The molecule has 19 heavy (non-hydrogen) atoms. The largest absolute Gasteiger partial charge is 0.359 e. The maximum Gasteiger partial charge on any atom is 0.135 e. The third kappa shape index (κ3) is 2.89. The summed E-state index contributed by atoms with van der Waals surface area (Å²) in [6.45, 7) is 3.44. The number of anilines is 1. The second-order valence-corrected chi connectivity index (χ2v) is 5.92. The summed E-state index contributed by atoms with van der Waals surface area (Å²) >= 11 is 0. The molecule has 104 valence electrons. The number of nitrogens with one attached hydrogen (secondary N) is 1. The first-order valence-electron chi connectivity index (χ1n) is 7.59. The number of rotatable bonds is 3. The smallest absolute Gasteiger partial charge is 0.135 e. The van der Waals surface area contributed by atoms with E-state index in [1.165, 1.54) is 49.3 Å². The maximum absolute atomic E-state index is 4.55. The van der Waals surface area contributed by atoms with Crippen molar-refractivity contribution in [1.29, 1.82) is 0 Å². The van der Waals surface area contributed by atoms with Crippen LogP contribution in [-0.4, -0.2) is 36.6 Å². The lowest BCUT2D eigenvalue weighted by molar-refractivity contribution is 0.380. The number of hydrogen-bond acceptors (Lipinski definition) is 4. The van der Waals surface area contributed by atoms with E-state index in [9.17, 15) is 0 Å². The van der Waals surface area contributed by atoms with Gasteiger partial charge < -0.3 is 10.2 Å². The number of aryl methyl sites for hydroxylation is 1. The van der Waals surface area contributed by atoms with Gasteiger partial charge in [0, 0.05) is 24.8 Å². The second-order valence-electron chi connectivity index (χ2n) is 5.92. The Balaban J connectivity index is 1.73. The first-order valence-corrected chi connectivity index (χ1v) is 7.59. The number of fused-ring (bicyclic) bond motifs is 1. The van der Waals surface area contributed by atoms with Crippen LogP contribution in [-0.2, 0) is 12.8 Å². The van der Waals surface area contributed by atoms with Crippen LogP contribution < -0.4 is 10.2 Å². The highest BCUT2D eigenvalue weighted by atomic mass is 15.2. The molecule has 1 aromatic heterocycles. The van der Waals surface area contributed by atoms with E-state index < -0.39 is 0 Å². The fourth-order valence-corrected chi connectivity index (χ4v) is 3.39. The summed E-state index contributed by atoms with van der Waals surface area (Å²) in [4.78, 5) is 11.4. The molecule has 0 saturated carbocycles. The van der Waals surface area contributed by atoms with Crippen molar-refractivity contribution in [3.63, 3.8) is 0 Å². The van der Waals surface area contributed by atoms with Crippen molar-refractivity contribution >= 4 is 5.82 Å². The Hall–Kier alpha value is -1.16. The fraction of sp³-hybridized carbons (Fsp3) is 0.733. The summed E-state index contributed by atoms with van der Waals surface area (Å²) < 4.78 is 0. The summed E-state index contributed by atoms with van der Waals surface area (Å²) in [6, 6.07) is 0. The first kappa shape index (κ1) is 12.9. The quantitative estimate of drug-likeness (QED) is 0.899. The molecule has 3 rings (SSSR count). The molecule has 0 bridgehead atoms. The Morgan fingerprint density at radius 3 is 3.00 bits per heavy atom. The van der Waals surface area contributed by atoms with Gasteiger partial charge in [-0.25, -0.2) is 9.97 Å². The third-order valence-corrected chi connectivity index (χ3v) is 4.39. The Morgan fingerprint density at radius 2 is 2.16 bits per heavy atom. The van der Waals surface area contributed by atoms with Gasteiger partial charge in [-0.3, -0.25) is 0 Å². The van der Waals surface area contributed by atoms with Crippen LogP contribution in [0, 0.1) is 5.92 Å². The maximum atomic E-state index is 4.55. The highest BCUT2D eigenvalue weighted by molar-refractivity contribution is 5.48. The minimum absolute atomic E-state index is 0.757. The van der Waals surface area contributed by atoms with Crippen molar-refractivity contribution < 1.29 is 0 Å². The predicted octanol–water partition coefficient (Wildman–Crippen LogP) is 1.79. The molecule has 2 aliphatic rings. The summed E-state index contributed by atoms with van der Waals surface area (Å²) in [7, 11) is 2.19. The molecule has 2 heterocycles. The van der Waals surface area contributed by atoms with Gasteiger partial charge in [0.1, 0.15) is 12.1 Å². The van der Waals surface area contributed by atoms with Gasteiger partial charge in [-0.1, -0.05) is 0 Å². The summed E-state index contributed by atoms with van der Waals surface area (Å²) in [5.41, 5.74) is 2.69. The van der Waals surface area contributed by atoms with Crippen LogP contribution in [0.3, 0.4) is 0 Å². The minimum Gasteiger partial charge on any atom is -0.359 e. The molecular weight excluding hydrogens is 236 g/mol. The van der Waals surface area contributed by atoms with Gasteiger partial charge in [-0.05, 0) is 57.5 Å². The van der Waals surface area contributed by atoms with Gasteiger partial charge in [0.15, 0.2) is 0 Å². The zero-order chi connectivity index (χ0) is 13.1. The van der Waals surface area contributed by atoms with Gasteiger partial charge >= 0.3 is 0 Å².